The monoisotopic (exact) mass is 302 g/mol. The Bertz CT molecular complexity index is 457. The van der Waals surface area contributed by atoms with Crippen LogP contribution in [-0.4, -0.2) is 54.0 Å². The molecule has 0 saturated carbocycles. The van der Waals surface area contributed by atoms with Gasteiger partial charge in [-0.25, -0.2) is 0 Å². The molecule has 1 aromatic rings. The van der Waals surface area contributed by atoms with Gasteiger partial charge in [0.25, 0.3) is 0 Å². The lowest BCUT2D eigenvalue weighted by molar-refractivity contribution is -0.146. The normalized spacial score (nSPS) is 18.1. The highest BCUT2D eigenvalue weighted by atomic mass is 19.4. The number of hydrogen-bond acceptors (Lipinski definition) is 4. The number of hydrogen-bond donors (Lipinski definition) is 0. The lowest BCUT2D eigenvalue weighted by atomic mass is 9.92. The summed E-state index contributed by atoms with van der Waals surface area (Å²) in [6.45, 7) is 7.21. The third-order valence-corrected chi connectivity index (χ3v) is 3.52. The summed E-state index contributed by atoms with van der Waals surface area (Å²) in [5.74, 6) is 0.731. The zero-order valence-electron chi connectivity index (χ0n) is 12.6. The molecule has 0 atom stereocenters. The lowest BCUT2D eigenvalue weighted by Gasteiger charge is -2.35. The van der Waals surface area contributed by atoms with E-state index >= 15 is 0 Å². The Kier molecular flexibility index (Phi) is 4.41. The maximum absolute atomic E-state index is 12.3. The molecule has 0 amide bonds. The molecule has 0 spiro atoms. The number of nitrogens with zero attached hydrogens (tertiary/aromatic N) is 4. The summed E-state index contributed by atoms with van der Waals surface area (Å²) in [7, 11) is 0. The van der Waals surface area contributed by atoms with Gasteiger partial charge in [0, 0.05) is 31.6 Å². The summed E-state index contributed by atoms with van der Waals surface area (Å²) in [6, 6.07) is 3.83. The van der Waals surface area contributed by atoms with Crippen molar-refractivity contribution in [2.24, 2.45) is 0 Å². The molecule has 21 heavy (non-hydrogen) atoms. The Hall–Kier alpha value is -1.37. The summed E-state index contributed by atoms with van der Waals surface area (Å²) in [5, 5.41) is 8.42. The second-order valence-corrected chi connectivity index (χ2v) is 6.41. The van der Waals surface area contributed by atoms with Gasteiger partial charge in [-0.3, -0.25) is 4.90 Å². The number of halogens is 3. The van der Waals surface area contributed by atoms with E-state index in [1.165, 1.54) is 4.90 Å². The van der Waals surface area contributed by atoms with Gasteiger partial charge in [0.1, 0.15) is 0 Å². The Morgan fingerprint density at radius 2 is 1.62 bits per heavy atom. The average Bonchev–Trinajstić information content (AvgIpc) is 2.37. The Morgan fingerprint density at radius 1 is 1.00 bits per heavy atom. The van der Waals surface area contributed by atoms with Crippen LogP contribution in [0.15, 0.2) is 12.1 Å². The van der Waals surface area contributed by atoms with Crippen molar-refractivity contribution in [2.45, 2.75) is 32.4 Å². The minimum absolute atomic E-state index is 0.0586. The summed E-state index contributed by atoms with van der Waals surface area (Å²) in [6.07, 6.45) is -4.13. The highest BCUT2D eigenvalue weighted by Gasteiger charge is 2.32. The van der Waals surface area contributed by atoms with Crippen molar-refractivity contribution >= 4 is 5.82 Å². The molecule has 1 aromatic heterocycles. The maximum Gasteiger partial charge on any atom is 0.401 e. The molecule has 2 rings (SSSR count). The Morgan fingerprint density at radius 3 is 2.05 bits per heavy atom. The minimum atomic E-state index is -4.13. The standard InChI is InChI=1S/C14H21F3N4/c1-13(2,3)11-4-5-12(19-18-11)21-8-6-20(7-9-21)10-14(15,16)17/h4-5H,6-10H2,1-3H3. The second-order valence-electron chi connectivity index (χ2n) is 6.41. The fourth-order valence-electron chi connectivity index (χ4n) is 2.28. The first-order valence-electron chi connectivity index (χ1n) is 7.03. The van der Waals surface area contributed by atoms with E-state index in [2.05, 4.69) is 31.0 Å². The highest BCUT2D eigenvalue weighted by Crippen LogP contribution is 2.22. The first-order valence-corrected chi connectivity index (χ1v) is 7.03. The third kappa shape index (κ3) is 4.56. The van der Waals surface area contributed by atoms with E-state index in [9.17, 15) is 13.2 Å². The van der Waals surface area contributed by atoms with Crippen LogP contribution >= 0.6 is 0 Å². The smallest absolute Gasteiger partial charge is 0.353 e. The molecular formula is C14H21F3N4. The van der Waals surface area contributed by atoms with Gasteiger partial charge in [-0.1, -0.05) is 20.8 Å². The molecule has 2 heterocycles. The molecule has 0 unspecified atom stereocenters. The number of alkyl halides is 3. The van der Waals surface area contributed by atoms with Crippen LogP contribution in [0.2, 0.25) is 0 Å². The molecule has 1 aliphatic heterocycles. The van der Waals surface area contributed by atoms with E-state index in [4.69, 9.17) is 0 Å². The van der Waals surface area contributed by atoms with E-state index in [1.807, 2.05) is 17.0 Å². The van der Waals surface area contributed by atoms with Crippen LogP contribution in [0.25, 0.3) is 0 Å². The molecule has 7 heteroatoms. The van der Waals surface area contributed by atoms with Gasteiger partial charge in [-0.15, -0.1) is 5.10 Å². The summed E-state index contributed by atoms with van der Waals surface area (Å²) < 4.78 is 37.0. The molecule has 118 valence electrons. The van der Waals surface area contributed by atoms with E-state index in [0.29, 0.717) is 26.2 Å². The molecule has 0 radical (unpaired) electrons. The SMILES string of the molecule is CC(C)(C)c1ccc(N2CCN(CC(F)(F)F)CC2)nn1. The van der Waals surface area contributed by atoms with Crippen LogP contribution < -0.4 is 4.90 Å². The fraction of sp³-hybridized carbons (Fsp3) is 0.714. The van der Waals surface area contributed by atoms with Crippen LogP contribution in [0.3, 0.4) is 0 Å². The maximum atomic E-state index is 12.3. The molecule has 1 aliphatic rings. The highest BCUT2D eigenvalue weighted by molar-refractivity contribution is 5.38. The lowest BCUT2D eigenvalue weighted by Crippen LogP contribution is -2.49. The molecule has 1 saturated heterocycles. The van der Waals surface area contributed by atoms with Crippen molar-refractivity contribution in [3.8, 4) is 0 Å². The minimum Gasteiger partial charge on any atom is -0.353 e. The van der Waals surface area contributed by atoms with Gasteiger partial charge in [-0.05, 0) is 12.1 Å². The molecule has 0 bridgehead atoms. The number of rotatable bonds is 2. The van der Waals surface area contributed by atoms with E-state index in [-0.39, 0.29) is 5.41 Å². The summed E-state index contributed by atoms with van der Waals surface area (Å²) in [5.41, 5.74) is 0.846. The van der Waals surface area contributed by atoms with Crippen LogP contribution in [0.4, 0.5) is 19.0 Å². The average molecular weight is 302 g/mol. The van der Waals surface area contributed by atoms with Gasteiger partial charge in [-0.2, -0.15) is 18.3 Å². The molecule has 0 aromatic carbocycles. The van der Waals surface area contributed by atoms with Crippen molar-refractivity contribution in [2.75, 3.05) is 37.6 Å². The molecular weight excluding hydrogens is 281 g/mol. The van der Waals surface area contributed by atoms with Crippen LogP contribution in [0.1, 0.15) is 26.5 Å². The molecule has 1 fully saturated rings. The van der Waals surface area contributed by atoms with E-state index < -0.39 is 12.7 Å². The van der Waals surface area contributed by atoms with Crippen molar-refractivity contribution in [1.82, 2.24) is 15.1 Å². The van der Waals surface area contributed by atoms with Crippen LogP contribution in [0, 0.1) is 0 Å². The van der Waals surface area contributed by atoms with Crippen molar-refractivity contribution in [3.63, 3.8) is 0 Å². The van der Waals surface area contributed by atoms with Crippen molar-refractivity contribution < 1.29 is 13.2 Å². The van der Waals surface area contributed by atoms with Crippen molar-refractivity contribution in [1.29, 1.82) is 0 Å². The van der Waals surface area contributed by atoms with Gasteiger partial charge in [0.2, 0.25) is 0 Å². The molecule has 0 N–H and O–H groups in total. The van der Waals surface area contributed by atoms with E-state index in [0.717, 1.165) is 11.5 Å². The van der Waals surface area contributed by atoms with Gasteiger partial charge < -0.3 is 4.90 Å². The van der Waals surface area contributed by atoms with Gasteiger partial charge in [0.15, 0.2) is 5.82 Å². The Balaban J connectivity index is 1.93. The fourth-order valence-corrected chi connectivity index (χ4v) is 2.28. The predicted molar refractivity (Wildman–Crippen MR) is 75.4 cm³/mol. The van der Waals surface area contributed by atoms with E-state index in [1.54, 1.807) is 0 Å². The number of piperazine rings is 1. The predicted octanol–water partition coefficient (Wildman–Crippen LogP) is 2.46. The van der Waals surface area contributed by atoms with Crippen molar-refractivity contribution in [3.05, 3.63) is 17.8 Å². The zero-order chi connectivity index (χ0) is 15.7. The summed E-state index contributed by atoms with van der Waals surface area (Å²) in [4.78, 5) is 3.40. The third-order valence-electron chi connectivity index (χ3n) is 3.52. The molecule has 0 aliphatic carbocycles. The first-order chi connectivity index (χ1) is 9.65. The van der Waals surface area contributed by atoms with Crippen LogP contribution in [-0.2, 0) is 5.41 Å². The second kappa shape index (κ2) is 5.79. The van der Waals surface area contributed by atoms with Crippen LogP contribution in [0.5, 0.6) is 0 Å². The number of anilines is 1. The first kappa shape index (κ1) is 16.0. The Labute approximate surface area is 122 Å². The van der Waals surface area contributed by atoms with Gasteiger partial charge >= 0.3 is 6.18 Å². The summed E-state index contributed by atoms with van der Waals surface area (Å²) >= 11 is 0. The largest absolute Gasteiger partial charge is 0.401 e. The molecule has 4 nitrogen and oxygen atoms in total. The number of aromatic nitrogens is 2. The quantitative estimate of drug-likeness (QED) is 0.840. The zero-order valence-corrected chi connectivity index (χ0v) is 12.6. The topological polar surface area (TPSA) is 32.3 Å². The van der Waals surface area contributed by atoms with Gasteiger partial charge in [0.05, 0.1) is 12.2 Å².